The van der Waals surface area contributed by atoms with Gasteiger partial charge < -0.3 is 20.3 Å². The Bertz CT molecular complexity index is 893. The second kappa shape index (κ2) is 12.6. The lowest BCUT2D eigenvalue weighted by molar-refractivity contribution is -0.120. The van der Waals surface area contributed by atoms with Gasteiger partial charge in [0.2, 0.25) is 5.91 Å². The molecule has 1 aliphatic heterocycles. The van der Waals surface area contributed by atoms with Crippen molar-refractivity contribution < 1.29 is 13.9 Å². The van der Waals surface area contributed by atoms with Gasteiger partial charge in [0.05, 0.1) is 19.6 Å². The van der Waals surface area contributed by atoms with Gasteiger partial charge in [-0.15, -0.1) is 24.0 Å². The molecule has 0 saturated carbocycles. The van der Waals surface area contributed by atoms with Gasteiger partial charge in [-0.2, -0.15) is 0 Å². The number of amides is 1. The molecule has 6 nitrogen and oxygen atoms in total. The van der Waals surface area contributed by atoms with Crippen LogP contribution >= 0.6 is 24.0 Å². The van der Waals surface area contributed by atoms with Crippen molar-refractivity contribution in [3.63, 3.8) is 0 Å². The molecular formula is C23H30FIN4O2. The van der Waals surface area contributed by atoms with Crippen LogP contribution in [0.1, 0.15) is 22.8 Å². The van der Waals surface area contributed by atoms with Gasteiger partial charge in [-0.3, -0.25) is 9.79 Å². The summed E-state index contributed by atoms with van der Waals surface area (Å²) in [5.41, 5.74) is 3.07. The molecule has 0 spiro atoms. The van der Waals surface area contributed by atoms with E-state index in [0.29, 0.717) is 25.3 Å². The van der Waals surface area contributed by atoms with Gasteiger partial charge in [-0.1, -0.05) is 36.4 Å². The Morgan fingerprint density at radius 2 is 1.97 bits per heavy atom. The molecule has 1 amide bonds. The maximum Gasteiger partial charge on any atom is 0.224 e. The molecule has 3 rings (SSSR count). The van der Waals surface area contributed by atoms with Crippen LogP contribution in [0.15, 0.2) is 53.5 Å². The maximum absolute atomic E-state index is 13.2. The fourth-order valence-corrected chi connectivity index (χ4v) is 3.58. The van der Waals surface area contributed by atoms with Crippen molar-refractivity contribution in [2.75, 3.05) is 39.8 Å². The summed E-state index contributed by atoms with van der Waals surface area (Å²) in [7, 11) is 1.75. The summed E-state index contributed by atoms with van der Waals surface area (Å²) in [5, 5.41) is 6.15. The predicted octanol–water partition coefficient (Wildman–Crippen LogP) is 3.06. The maximum atomic E-state index is 13.2. The average molecular weight is 540 g/mol. The normalized spacial score (nSPS) is 16.4. The Morgan fingerprint density at radius 1 is 1.19 bits per heavy atom. The molecule has 0 aliphatic carbocycles. The van der Waals surface area contributed by atoms with Gasteiger partial charge in [0.15, 0.2) is 5.96 Å². The van der Waals surface area contributed by atoms with Crippen LogP contribution in [0.3, 0.4) is 0 Å². The number of aryl methyl sites for hydroxylation is 1. The summed E-state index contributed by atoms with van der Waals surface area (Å²) in [4.78, 5) is 18.6. The van der Waals surface area contributed by atoms with Crippen molar-refractivity contribution in [3.8, 4) is 0 Å². The zero-order valence-corrected chi connectivity index (χ0v) is 20.3. The Kier molecular flexibility index (Phi) is 10.2. The highest BCUT2D eigenvalue weighted by Gasteiger charge is 2.25. The monoisotopic (exact) mass is 540 g/mol. The topological polar surface area (TPSA) is 66.0 Å². The number of rotatable bonds is 6. The van der Waals surface area contributed by atoms with Crippen LogP contribution in [0, 0.1) is 12.7 Å². The fourth-order valence-electron chi connectivity index (χ4n) is 3.58. The number of nitrogens with one attached hydrogen (secondary N) is 2. The van der Waals surface area contributed by atoms with Crippen molar-refractivity contribution in [2.24, 2.45) is 4.99 Å². The van der Waals surface area contributed by atoms with Crippen LogP contribution in [-0.2, 0) is 16.0 Å². The molecule has 0 aromatic heterocycles. The smallest absolute Gasteiger partial charge is 0.224 e. The van der Waals surface area contributed by atoms with Crippen LogP contribution in [0.4, 0.5) is 4.39 Å². The van der Waals surface area contributed by atoms with E-state index in [1.165, 1.54) is 23.3 Å². The highest BCUT2D eigenvalue weighted by molar-refractivity contribution is 14.0. The molecule has 1 aliphatic rings. The Morgan fingerprint density at radius 3 is 2.71 bits per heavy atom. The zero-order chi connectivity index (χ0) is 21.3. The fraction of sp³-hybridized carbons (Fsp3) is 0.391. The minimum atomic E-state index is -0.333. The van der Waals surface area contributed by atoms with Crippen molar-refractivity contribution in [1.29, 1.82) is 0 Å². The number of guanidine groups is 1. The largest absolute Gasteiger partial charge is 0.370 e. The molecule has 2 aromatic carbocycles. The summed E-state index contributed by atoms with van der Waals surface area (Å²) in [5.74, 6) is 0.319. The number of carbonyl (C=O) groups excluding carboxylic acids is 1. The van der Waals surface area contributed by atoms with E-state index in [4.69, 9.17) is 4.74 Å². The molecule has 1 saturated heterocycles. The van der Waals surface area contributed by atoms with E-state index in [0.717, 1.165) is 19.0 Å². The second-order valence-corrected chi connectivity index (χ2v) is 7.29. The van der Waals surface area contributed by atoms with Crippen LogP contribution in [0.25, 0.3) is 0 Å². The van der Waals surface area contributed by atoms with Gasteiger partial charge in [-0.05, 0) is 35.7 Å². The van der Waals surface area contributed by atoms with Gasteiger partial charge >= 0.3 is 0 Å². The summed E-state index contributed by atoms with van der Waals surface area (Å²) < 4.78 is 19.2. The van der Waals surface area contributed by atoms with Crippen molar-refractivity contribution >= 4 is 35.8 Å². The van der Waals surface area contributed by atoms with E-state index < -0.39 is 0 Å². The molecule has 0 radical (unpaired) electrons. The first-order chi connectivity index (χ1) is 14.6. The van der Waals surface area contributed by atoms with Gasteiger partial charge in [0.1, 0.15) is 11.9 Å². The summed E-state index contributed by atoms with van der Waals surface area (Å²) >= 11 is 0. The predicted molar refractivity (Wildman–Crippen MR) is 131 cm³/mol. The zero-order valence-electron chi connectivity index (χ0n) is 17.9. The molecule has 2 N–H and O–H groups in total. The average Bonchev–Trinajstić information content (AvgIpc) is 2.74. The lowest BCUT2D eigenvalue weighted by Gasteiger charge is -2.35. The highest BCUT2D eigenvalue weighted by Crippen LogP contribution is 2.24. The molecule has 2 aromatic rings. The lowest BCUT2D eigenvalue weighted by atomic mass is 10.0. The van der Waals surface area contributed by atoms with Gasteiger partial charge in [0, 0.05) is 26.7 Å². The molecule has 31 heavy (non-hydrogen) atoms. The van der Waals surface area contributed by atoms with E-state index >= 15 is 0 Å². The number of aliphatic imine (C=N–C) groups is 1. The first-order valence-corrected chi connectivity index (χ1v) is 10.2. The van der Waals surface area contributed by atoms with Crippen LogP contribution < -0.4 is 10.6 Å². The third-order valence-corrected chi connectivity index (χ3v) is 5.10. The SMILES string of the molecule is CN=C(NCCNC(=O)Cc1cccc(F)c1)N1CCOC(c2ccccc2C)C1.I. The quantitative estimate of drug-likeness (QED) is 0.256. The molecule has 1 atom stereocenters. The number of benzene rings is 2. The van der Waals surface area contributed by atoms with Crippen LogP contribution in [0.2, 0.25) is 0 Å². The molecule has 1 fully saturated rings. The lowest BCUT2D eigenvalue weighted by Crippen LogP contribution is -2.49. The third-order valence-electron chi connectivity index (χ3n) is 5.10. The van der Waals surface area contributed by atoms with E-state index in [1.54, 1.807) is 19.2 Å². The number of halogens is 2. The van der Waals surface area contributed by atoms with E-state index in [9.17, 15) is 9.18 Å². The molecule has 1 heterocycles. The summed E-state index contributed by atoms with van der Waals surface area (Å²) in [6.45, 7) is 5.21. The number of morpholine rings is 1. The van der Waals surface area contributed by atoms with E-state index in [1.807, 2.05) is 12.1 Å². The number of carbonyl (C=O) groups is 1. The summed E-state index contributed by atoms with van der Waals surface area (Å²) in [6.07, 6.45) is 0.165. The standard InChI is InChI=1S/C23H29FN4O2.HI/c1-17-6-3-4-9-20(17)21-16-28(12-13-30-21)23(25-2)27-11-10-26-22(29)15-18-7-5-8-19(24)14-18;/h3-9,14,21H,10-13,15-16H2,1-2H3,(H,25,27)(H,26,29);1H. The molecule has 168 valence electrons. The minimum absolute atomic E-state index is 0. The number of ether oxygens (including phenoxy) is 1. The van der Waals surface area contributed by atoms with E-state index in [2.05, 4.69) is 39.6 Å². The third kappa shape index (κ3) is 7.46. The summed E-state index contributed by atoms with van der Waals surface area (Å²) in [6, 6.07) is 14.4. The minimum Gasteiger partial charge on any atom is -0.370 e. The van der Waals surface area contributed by atoms with Gasteiger partial charge in [-0.25, -0.2) is 4.39 Å². The van der Waals surface area contributed by atoms with E-state index in [-0.39, 0.29) is 48.2 Å². The Labute approximate surface area is 200 Å². The molecule has 1 unspecified atom stereocenters. The molecule has 8 heteroatoms. The first-order valence-electron chi connectivity index (χ1n) is 10.2. The van der Waals surface area contributed by atoms with Crippen LogP contribution in [-0.4, -0.2) is 56.6 Å². The van der Waals surface area contributed by atoms with Gasteiger partial charge in [0.25, 0.3) is 0 Å². The Balaban J connectivity index is 0.00000341. The van der Waals surface area contributed by atoms with Crippen molar-refractivity contribution in [2.45, 2.75) is 19.4 Å². The first kappa shape index (κ1) is 25.1. The molecular weight excluding hydrogens is 510 g/mol. The molecule has 0 bridgehead atoms. The van der Waals surface area contributed by atoms with Crippen molar-refractivity contribution in [1.82, 2.24) is 15.5 Å². The number of hydrogen-bond donors (Lipinski definition) is 2. The number of hydrogen-bond acceptors (Lipinski definition) is 3. The van der Waals surface area contributed by atoms with Crippen molar-refractivity contribution in [3.05, 3.63) is 71.0 Å². The van der Waals surface area contributed by atoms with Crippen LogP contribution in [0.5, 0.6) is 0 Å². The second-order valence-electron chi connectivity index (χ2n) is 7.29. The Hall–Kier alpha value is -2.20. The highest BCUT2D eigenvalue weighted by atomic mass is 127. The number of nitrogens with zero attached hydrogens (tertiary/aromatic N) is 2.